The van der Waals surface area contributed by atoms with Gasteiger partial charge in [-0.05, 0) is 48.7 Å². The number of hydrogen-bond acceptors (Lipinski definition) is 4. The molecule has 3 rings (SSSR count). The molecule has 31 heavy (non-hydrogen) atoms. The van der Waals surface area contributed by atoms with E-state index in [1.54, 1.807) is 6.07 Å². The van der Waals surface area contributed by atoms with Crippen LogP contribution in [0.2, 0.25) is 0 Å². The van der Waals surface area contributed by atoms with Crippen LogP contribution in [-0.4, -0.2) is 30.8 Å². The standard InChI is InChI=1S/C15H16N2O.C9H10O.CH2O2/c1-11-6-3-4-9-14(11)17-15(18)12-7-5-8-13(10-12)16-2;10-8-4-7-9-5-2-1-3-6-9;2-1-3/h3-10,16H,1-2H3,(H,17,18);1-3,5-6,8H,4,7H2;1H,(H,2,3). The fraction of sp³-hybridized carbons (Fsp3) is 0.160. The van der Waals surface area contributed by atoms with Gasteiger partial charge in [-0.1, -0.05) is 54.6 Å². The number of para-hydroxylation sites is 1. The molecule has 0 aliphatic rings. The van der Waals surface area contributed by atoms with Crippen molar-refractivity contribution < 1.29 is 19.5 Å². The lowest BCUT2D eigenvalue weighted by Gasteiger charge is -2.09. The summed E-state index contributed by atoms with van der Waals surface area (Å²) in [5.41, 5.74) is 4.69. The largest absolute Gasteiger partial charge is 0.483 e. The summed E-state index contributed by atoms with van der Waals surface area (Å²) in [7, 11) is 1.83. The number of benzene rings is 3. The van der Waals surface area contributed by atoms with Crippen LogP contribution in [0.3, 0.4) is 0 Å². The molecule has 0 unspecified atom stereocenters. The monoisotopic (exact) mass is 420 g/mol. The molecule has 1 amide bonds. The molecule has 0 aliphatic carbocycles. The lowest BCUT2D eigenvalue weighted by molar-refractivity contribution is -0.122. The number of hydrogen-bond donors (Lipinski definition) is 3. The molecule has 3 N–H and O–H groups in total. The van der Waals surface area contributed by atoms with Crippen molar-refractivity contribution in [2.24, 2.45) is 0 Å². The number of aryl methyl sites for hydroxylation is 2. The van der Waals surface area contributed by atoms with Gasteiger partial charge in [-0.15, -0.1) is 0 Å². The molecule has 0 atom stereocenters. The third-order valence-corrected chi connectivity index (χ3v) is 4.20. The molecule has 0 radical (unpaired) electrons. The maximum atomic E-state index is 12.1. The molecule has 0 aliphatic heterocycles. The molecule has 0 bridgehead atoms. The Balaban J connectivity index is 0.000000311. The summed E-state index contributed by atoms with van der Waals surface area (Å²) in [4.78, 5) is 30.4. The number of anilines is 2. The molecule has 0 spiro atoms. The van der Waals surface area contributed by atoms with Crippen LogP contribution in [0.5, 0.6) is 0 Å². The molecule has 0 saturated heterocycles. The number of carbonyl (C=O) groups is 3. The predicted molar refractivity (Wildman–Crippen MR) is 125 cm³/mol. The van der Waals surface area contributed by atoms with Crippen LogP contribution in [0, 0.1) is 6.92 Å². The molecule has 162 valence electrons. The molecule has 0 fully saturated rings. The van der Waals surface area contributed by atoms with Gasteiger partial charge in [-0.2, -0.15) is 0 Å². The SMILES string of the molecule is CNc1cccc(C(=O)Nc2ccccc2C)c1.O=CCCc1ccccc1.O=CO. The van der Waals surface area contributed by atoms with Crippen LogP contribution in [0.4, 0.5) is 11.4 Å². The van der Waals surface area contributed by atoms with Gasteiger partial charge in [0.15, 0.2) is 0 Å². The van der Waals surface area contributed by atoms with Crippen molar-refractivity contribution in [1.82, 2.24) is 0 Å². The van der Waals surface area contributed by atoms with Gasteiger partial charge in [0.05, 0.1) is 0 Å². The number of rotatable bonds is 6. The average Bonchev–Trinajstić information content (AvgIpc) is 2.81. The van der Waals surface area contributed by atoms with Crippen molar-refractivity contribution in [1.29, 1.82) is 0 Å². The minimum absolute atomic E-state index is 0.0959. The van der Waals surface area contributed by atoms with E-state index in [0.717, 1.165) is 29.6 Å². The molecular formula is C25H28N2O4. The van der Waals surface area contributed by atoms with Gasteiger partial charge in [0, 0.05) is 30.4 Å². The summed E-state index contributed by atoms with van der Waals surface area (Å²) in [6, 6.07) is 25.1. The van der Waals surface area contributed by atoms with E-state index in [2.05, 4.69) is 10.6 Å². The Morgan fingerprint density at radius 2 is 1.58 bits per heavy atom. The van der Waals surface area contributed by atoms with E-state index in [0.29, 0.717) is 12.0 Å². The zero-order chi connectivity index (χ0) is 22.9. The quantitative estimate of drug-likeness (QED) is 0.498. The molecule has 0 heterocycles. The van der Waals surface area contributed by atoms with E-state index in [9.17, 15) is 9.59 Å². The molecule has 3 aromatic carbocycles. The normalized spacial score (nSPS) is 9.10. The zero-order valence-electron chi connectivity index (χ0n) is 17.7. The molecule has 0 aromatic heterocycles. The lowest BCUT2D eigenvalue weighted by atomic mass is 10.1. The van der Waals surface area contributed by atoms with Gasteiger partial charge in [0.1, 0.15) is 6.29 Å². The van der Waals surface area contributed by atoms with Gasteiger partial charge < -0.3 is 20.5 Å². The van der Waals surface area contributed by atoms with Crippen molar-refractivity contribution in [2.45, 2.75) is 19.8 Å². The zero-order valence-corrected chi connectivity index (χ0v) is 17.7. The summed E-state index contributed by atoms with van der Waals surface area (Å²) in [5, 5.41) is 12.8. The molecule has 0 saturated carbocycles. The summed E-state index contributed by atoms with van der Waals surface area (Å²) in [6.07, 6.45) is 2.45. The molecular weight excluding hydrogens is 392 g/mol. The number of carbonyl (C=O) groups excluding carboxylic acids is 2. The number of carboxylic acid groups (broad SMARTS) is 1. The Morgan fingerprint density at radius 3 is 2.19 bits per heavy atom. The smallest absolute Gasteiger partial charge is 0.290 e. The van der Waals surface area contributed by atoms with Crippen LogP contribution in [0.15, 0.2) is 78.9 Å². The first-order valence-electron chi connectivity index (χ1n) is 9.75. The third kappa shape index (κ3) is 9.89. The van der Waals surface area contributed by atoms with Gasteiger partial charge in [0.25, 0.3) is 12.4 Å². The highest BCUT2D eigenvalue weighted by Crippen LogP contribution is 2.16. The molecule has 6 nitrogen and oxygen atoms in total. The Bertz CT molecular complexity index is 943. The van der Waals surface area contributed by atoms with E-state index in [4.69, 9.17) is 9.90 Å². The topological polar surface area (TPSA) is 95.5 Å². The second-order valence-corrected chi connectivity index (χ2v) is 6.40. The Kier molecular flexibility index (Phi) is 12.1. The van der Waals surface area contributed by atoms with Crippen molar-refractivity contribution in [3.63, 3.8) is 0 Å². The lowest BCUT2D eigenvalue weighted by Crippen LogP contribution is -2.12. The highest BCUT2D eigenvalue weighted by atomic mass is 16.3. The number of amides is 1. The van der Waals surface area contributed by atoms with Crippen LogP contribution < -0.4 is 10.6 Å². The third-order valence-electron chi connectivity index (χ3n) is 4.20. The van der Waals surface area contributed by atoms with Gasteiger partial charge in [0.2, 0.25) is 0 Å². The van der Waals surface area contributed by atoms with Crippen LogP contribution in [0.1, 0.15) is 27.9 Å². The van der Waals surface area contributed by atoms with Crippen LogP contribution in [0.25, 0.3) is 0 Å². The summed E-state index contributed by atoms with van der Waals surface area (Å²) >= 11 is 0. The fourth-order valence-corrected chi connectivity index (χ4v) is 2.59. The van der Waals surface area contributed by atoms with Crippen molar-refractivity contribution in [3.8, 4) is 0 Å². The van der Waals surface area contributed by atoms with E-state index >= 15 is 0 Å². The minimum atomic E-state index is -0.250. The Hall–Kier alpha value is -3.93. The van der Waals surface area contributed by atoms with Crippen molar-refractivity contribution in [2.75, 3.05) is 17.7 Å². The first-order valence-corrected chi connectivity index (χ1v) is 9.75. The van der Waals surface area contributed by atoms with Crippen LogP contribution >= 0.6 is 0 Å². The first-order chi connectivity index (χ1) is 15.0. The van der Waals surface area contributed by atoms with Gasteiger partial charge in [-0.3, -0.25) is 9.59 Å². The molecule has 6 heteroatoms. The summed E-state index contributed by atoms with van der Waals surface area (Å²) < 4.78 is 0. The van der Waals surface area contributed by atoms with Gasteiger partial charge >= 0.3 is 0 Å². The second-order valence-electron chi connectivity index (χ2n) is 6.40. The fourth-order valence-electron chi connectivity index (χ4n) is 2.59. The second kappa shape index (κ2) is 15.0. The summed E-state index contributed by atoms with van der Waals surface area (Å²) in [6.45, 7) is 1.72. The number of nitrogens with one attached hydrogen (secondary N) is 2. The van der Waals surface area contributed by atoms with E-state index < -0.39 is 0 Å². The molecule has 3 aromatic rings. The Labute approximate surface area is 182 Å². The van der Waals surface area contributed by atoms with Gasteiger partial charge in [-0.25, -0.2) is 0 Å². The predicted octanol–water partition coefficient (Wildman–Crippen LogP) is 4.81. The van der Waals surface area contributed by atoms with Crippen molar-refractivity contribution >= 4 is 30.0 Å². The Morgan fingerprint density at radius 1 is 0.935 bits per heavy atom. The number of aldehydes is 1. The highest BCUT2D eigenvalue weighted by molar-refractivity contribution is 6.05. The maximum absolute atomic E-state index is 12.1. The van der Waals surface area contributed by atoms with E-state index in [1.165, 1.54) is 5.56 Å². The van der Waals surface area contributed by atoms with E-state index in [1.807, 2.05) is 86.8 Å². The average molecular weight is 421 g/mol. The summed E-state index contributed by atoms with van der Waals surface area (Å²) in [5.74, 6) is -0.0959. The van der Waals surface area contributed by atoms with E-state index in [-0.39, 0.29) is 12.4 Å². The highest BCUT2D eigenvalue weighted by Gasteiger charge is 2.07. The van der Waals surface area contributed by atoms with Crippen molar-refractivity contribution in [3.05, 3.63) is 95.6 Å². The van der Waals surface area contributed by atoms with Crippen LogP contribution in [-0.2, 0) is 16.0 Å². The first kappa shape index (κ1) is 25.1. The minimum Gasteiger partial charge on any atom is -0.483 e. The maximum Gasteiger partial charge on any atom is 0.290 e.